The summed E-state index contributed by atoms with van der Waals surface area (Å²) in [5, 5.41) is 11.7. The Labute approximate surface area is 121 Å². The van der Waals surface area contributed by atoms with Gasteiger partial charge >= 0.3 is 5.97 Å². The van der Waals surface area contributed by atoms with Gasteiger partial charge in [0.15, 0.2) is 11.6 Å². The molecule has 1 aliphatic rings. The topological polar surface area (TPSA) is 66.4 Å². The monoisotopic (exact) mass is 297 g/mol. The van der Waals surface area contributed by atoms with Crippen molar-refractivity contribution in [2.75, 3.05) is 6.54 Å². The molecule has 4 nitrogen and oxygen atoms in total. The van der Waals surface area contributed by atoms with Gasteiger partial charge in [0, 0.05) is 12.1 Å². The number of carbonyl (C=O) groups excluding carboxylic acids is 1. The summed E-state index contributed by atoms with van der Waals surface area (Å²) in [5.74, 6) is -3.81. The first-order valence-corrected chi connectivity index (χ1v) is 6.91. The number of rotatable bonds is 5. The van der Waals surface area contributed by atoms with Crippen molar-refractivity contribution in [3.8, 4) is 0 Å². The average molecular weight is 297 g/mol. The van der Waals surface area contributed by atoms with Crippen LogP contribution < -0.4 is 5.32 Å². The Kier molecular flexibility index (Phi) is 4.88. The van der Waals surface area contributed by atoms with Crippen LogP contribution >= 0.6 is 0 Å². The summed E-state index contributed by atoms with van der Waals surface area (Å²) < 4.78 is 26.5. The van der Waals surface area contributed by atoms with Crippen LogP contribution in [0.2, 0.25) is 0 Å². The third-order valence-electron chi connectivity index (χ3n) is 3.92. The van der Waals surface area contributed by atoms with Gasteiger partial charge in [0.25, 0.3) is 0 Å². The quantitative estimate of drug-likeness (QED) is 0.875. The molecule has 1 aromatic rings. The number of hydrogen-bond acceptors (Lipinski definition) is 2. The van der Waals surface area contributed by atoms with Gasteiger partial charge in [-0.25, -0.2) is 8.78 Å². The van der Waals surface area contributed by atoms with Crippen LogP contribution in [-0.2, 0) is 16.0 Å². The van der Waals surface area contributed by atoms with Crippen LogP contribution in [0.1, 0.15) is 24.8 Å². The van der Waals surface area contributed by atoms with E-state index in [9.17, 15) is 18.4 Å². The minimum atomic E-state index is -1.02. The number of amides is 1. The molecule has 0 aromatic heterocycles. The van der Waals surface area contributed by atoms with Gasteiger partial charge in [0.2, 0.25) is 5.91 Å². The molecule has 1 saturated carbocycles. The van der Waals surface area contributed by atoms with Crippen LogP contribution in [0.4, 0.5) is 8.78 Å². The fourth-order valence-corrected chi connectivity index (χ4v) is 2.77. The second-order valence-corrected chi connectivity index (χ2v) is 5.33. The van der Waals surface area contributed by atoms with Gasteiger partial charge in [-0.1, -0.05) is 18.6 Å². The first-order chi connectivity index (χ1) is 9.99. The molecule has 0 heterocycles. The van der Waals surface area contributed by atoms with Crippen molar-refractivity contribution in [1.29, 1.82) is 0 Å². The molecule has 21 heavy (non-hydrogen) atoms. The summed E-state index contributed by atoms with van der Waals surface area (Å²) in [6, 6.07) is 3.69. The lowest BCUT2D eigenvalue weighted by molar-refractivity contribution is -0.143. The van der Waals surface area contributed by atoms with Crippen molar-refractivity contribution in [2.45, 2.75) is 25.7 Å². The number of carboxylic acid groups (broad SMARTS) is 1. The van der Waals surface area contributed by atoms with Crippen LogP contribution in [0.15, 0.2) is 18.2 Å². The standard InChI is InChI=1S/C15H17F2NO3/c16-12-6-2-3-9(14(12)17)7-13(19)18-8-10-4-1-5-11(10)15(20)21/h2-3,6,10-11H,1,4-5,7-8H2,(H,18,19)(H,20,21). The third kappa shape index (κ3) is 3.77. The van der Waals surface area contributed by atoms with Gasteiger partial charge in [-0.05, 0) is 24.8 Å². The van der Waals surface area contributed by atoms with Gasteiger partial charge < -0.3 is 10.4 Å². The SMILES string of the molecule is O=C(Cc1cccc(F)c1F)NCC1CCCC1C(=O)O. The molecule has 0 radical (unpaired) electrons. The zero-order valence-corrected chi connectivity index (χ0v) is 11.4. The van der Waals surface area contributed by atoms with E-state index in [4.69, 9.17) is 5.11 Å². The Morgan fingerprint density at radius 2 is 2.05 bits per heavy atom. The number of benzene rings is 1. The molecular formula is C15H17F2NO3. The Hall–Kier alpha value is -1.98. The molecule has 0 bridgehead atoms. The van der Waals surface area contributed by atoms with E-state index in [-0.39, 0.29) is 24.4 Å². The van der Waals surface area contributed by atoms with Crippen molar-refractivity contribution in [3.05, 3.63) is 35.4 Å². The third-order valence-corrected chi connectivity index (χ3v) is 3.92. The molecule has 1 fully saturated rings. The number of hydrogen-bond donors (Lipinski definition) is 2. The summed E-state index contributed by atoms with van der Waals surface area (Å²) in [7, 11) is 0. The lowest BCUT2D eigenvalue weighted by atomic mass is 9.96. The van der Waals surface area contributed by atoms with Gasteiger partial charge in [-0.15, -0.1) is 0 Å². The number of halogens is 2. The molecule has 0 spiro atoms. The second kappa shape index (κ2) is 6.65. The van der Waals surface area contributed by atoms with Gasteiger partial charge in [-0.3, -0.25) is 9.59 Å². The first-order valence-electron chi connectivity index (χ1n) is 6.91. The molecule has 1 aliphatic carbocycles. The molecule has 2 unspecified atom stereocenters. The first kappa shape index (κ1) is 15.4. The van der Waals surface area contributed by atoms with Crippen LogP contribution in [0, 0.1) is 23.5 Å². The van der Waals surface area contributed by atoms with E-state index in [0.29, 0.717) is 6.42 Å². The maximum absolute atomic E-state index is 13.4. The molecule has 2 N–H and O–H groups in total. The molecule has 6 heteroatoms. The molecule has 0 aliphatic heterocycles. The molecule has 1 amide bonds. The van der Waals surface area contributed by atoms with E-state index in [1.54, 1.807) is 0 Å². The van der Waals surface area contributed by atoms with Crippen LogP contribution in [-0.4, -0.2) is 23.5 Å². The summed E-state index contributed by atoms with van der Waals surface area (Å²) in [6.45, 7) is 0.257. The molecule has 2 rings (SSSR count). The minimum absolute atomic E-state index is 0.00583. The highest BCUT2D eigenvalue weighted by atomic mass is 19.2. The van der Waals surface area contributed by atoms with Crippen molar-refractivity contribution in [1.82, 2.24) is 5.32 Å². The van der Waals surface area contributed by atoms with Crippen LogP contribution in [0.25, 0.3) is 0 Å². The minimum Gasteiger partial charge on any atom is -0.481 e. The fraction of sp³-hybridized carbons (Fsp3) is 0.467. The Morgan fingerprint density at radius 3 is 2.76 bits per heavy atom. The average Bonchev–Trinajstić information content (AvgIpc) is 2.90. The normalized spacial score (nSPS) is 21.2. The Balaban J connectivity index is 1.88. The van der Waals surface area contributed by atoms with Crippen molar-refractivity contribution >= 4 is 11.9 Å². The summed E-state index contributed by atoms with van der Waals surface area (Å²) in [4.78, 5) is 22.8. The van der Waals surface area contributed by atoms with E-state index in [1.807, 2.05) is 0 Å². The zero-order chi connectivity index (χ0) is 15.4. The zero-order valence-electron chi connectivity index (χ0n) is 11.4. The van der Waals surface area contributed by atoms with E-state index in [0.717, 1.165) is 18.9 Å². The maximum atomic E-state index is 13.4. The summed E-state index contributed by atoms with van der Waals surface area (Å²) in [5.41, 5.74) is -0.00583. The molecule has 0 saturated heterocycles. The van der Waals surface area contributed by atoms with Crippen LogP contribution in [0.3, 0.4) is 0 Å². The van der Waals surface area contributed by atoms with E-state index >= 15 is 0 Å². The molecule has 1 aromatic carbocycles. The number of aliphatic carboxylic acids is 1. The Morgan fingerprint density at radius 1 is 1.29 bits per heavy atom. The summed E-state index contributed by atoms with van der Waals surface area (Å²) >= 11 is 0. The van der Waals surface area contributed by atoms with E-state index in [1.165, 1.54) is 12.1 Å². The van der Waals surface area contributed by atoms with E-state index < -0.39 is 29.4 Å². The predicted octanol–water partition coefficient (Wildman–Crippen LogP) is 2.12. The van der Waals surface area contributed by atoms with Gasteiger partial charge in [0.1, 0.15) is 0 Å². The van der Waals surface area contributed by atoms with Crippen LogP contribution in [0.5, 0.6) is 0 Å². The second-order valence-electron chi connectivity index (χ2n) is 5.33. The maximum Gasteiger partial charge on any atom is 0.306 e. The van der Waals surface area contributed by atoms with Crippen molar-refractivity contribution in [2.24, 2.45) is 11.8 Å². The lowest BCUT2D eigenvalue weighted by Gasteiger charge is -2.16. The van der Waals surface area contributed by atoms with Crippen molar-refractivity contribution in [3.63, 3.8) is 0 Å². The van der Waals surface area contributed by atoms with E-state index in [2.05, 4.69) is 5.32 Å². The summed E-state index contributed by atoms with van der Waals surface area (Å²) in [6.07, 6.45) is 1.95. The highest BCUT2D eigenvalue weighted by molar-refractivity contribution is 5.78. The predicted molar refractivity (Wildman–Crippen MR) is 71.5 cm³/mol. The molecule has 114 valence electrons. The largest absolute Gasteiger partial charge is 0.481 e. The fourth-order valence-electron chi connectivity index (χ4n) is 2.77. The number of carboxylic acids is 1. The highest BCUT2D eigenvalue weighted by Gasteiger charge is 2.32. The smallest absolute Gasteiger partial charge is 0.306 e. The highest BCUT2D eigenvalue weighted by Crippen LogP contribution is 2.31. The molecular weight excluding hydrogens is 280 g/mol. The molecule has 2 atom stereocenters. The number of carbonyl (C=O) groups is 2. The van der Waals surface area contributed by atoms with Gasteiger partial charge in [-0.2, -0.15) is 0 Å². The Bertz CT molecular complexity index is 548. The van der Waals surface area contributed by atoms with Gasteiger partial charge in [0.05, 0.1) is 12.3 Å². The lowest BCUT2D eigenvalue weighted by Crippen LogP contribution is -2.34. The number of nitrogens with one attached hydrogen (secondary N) is 1. The van der Waals surface area contributed by atoms with Crippen molar-refractivity contribution < 1.29 is 23.5 Å².